The molecule has 0 spiro atoms. The van der Waals surface area contributed by atoms with Crippen molar-refractivity contribution < 1.29 is 4.79 Å². The lowest BCUT2D eigenvalue weighted by molar-refractivity contribution is 0.101. The molecule has 0 aliphatic rings. The van der Waals surface area contributed by atoms with E-state index < -0.39 is 0 Å². The molecule has 0 atom stereocenters. The molecule has 3 nitrogen and oxygen atoms in total. The first-order chi connectivity index (χ1) is 9.40. The molecule has 1 N–H and O–H groups in total. The lowest BCUT2D eigenvalue weighted by Gasteiger charge is -2.14. The summed E-state index contributed by atoms with van der Waals surface area (Å²) in [4.78, 5) is 12.4. The molecule has 0 aliphatic carbocycles. The van der Waals surface area contributed by atoms with Crippen LogP contribution in [-0.2, 0) is 0 Å². The van der Waals surface area contributed by atoms with Crippen LogP contribution in [0.2, 0.25) is 10.0 Å². The summed E-state index contributed by atoms with van der Waals surface area (Å²) in [6, 6.07) is 7.03. The van der Waals surface area contributed by atoms with Gasteiger partial charge in [-0.3, -0.25) is 4.79 Å². The third kappa shape index (κ3) is 3.19. The van der Waals surface area contributed by atoms with Crippen LogP contribution in [0.1, 0.15) is 30.4 Å². The topological polar surface area (TPSA) is 34.0 Å². The molecule has 2 rings (SSSR count). The zero-order valence-electron chi connectivity index (χ0n) is 11.0. The Hall–Kier alpha value is -0.970. The summed E-state index contributed by atoms with van der Waals surface area (Å²) in [5.74, 6) is -0.251. The van der Waals surface area contributed by atoms with Gasteiger partial charge in [-0.1, -0.05) is 29.3 Å². The van der Waals surface area contributed by atoms with Crippen LogP contribution in [0, 0.1) is 0 Å². The normalized spacial score (nSPS) is 10.9. The molecule has 0 radical (unpaired) electrons. The van der Waals surface area contributed by atoms with Gasteiger partial charge in [-0.25, -0.2) is 0 Å². The monoisotopic (exact) mass is 374 g/mol. The number of carbonyl (C=O) groups excluding carboxylic acids is 1. The largest absolute Gasteiger partial charge is 0.340 e. The highest BCUT2D eigenvalue weighted by Gasteiger charge is 2.17. The van der Waals surface area contributed by atoms with Gasteiger partial charge in [-0.2, -0.15) is 0 Å². The molecular formula is C14H13BrCl2N2O. The second-order valence-corrected chi connectivity index (χ2v) is 6.33. The standard InChI is InChI=1S/C14H13BrCl2N2O/c1-8(2)19-7-9(15)6-12(19)14(20)18-13-10(16)4-3-5-11(13)17/h3-8H,1-2H3,(H,18,20). The molecule has 1 aromatic carbocycles. The van der Waals surface area contributed by atoms with Crippen molar-refractivity contribution in [1.29, 1.82) is 0 Å². The van der Waals surface area contributed by atoms with E-state index in [4.69, 9.17) is 23.2 Å². The Balaban J connectivity index is 2.34. The van der Waals surface area contributed by atoms with Gasteiger partial charge in [0.1, 0.15) is 5.69 Å². The first-order valence-electron chi connectivity index (χ1n) is 6.03. The number of benzene rings is 1. The summed E-state index contributed by atoms with van der Waals surface area (Å²) in [5.41, 5.74) is 0.969. The van der Waals surface area contributed by atoms with Gasteiger partial charge >= 0.3 is 0 Å². The maximum atomic E-state index is 12.4. The number of rotatable bonds is 3. The molecule has 0 fully saturated rings. The number of hydrogen-bond acceptors (Lipinski definition) is 1. The minimum atomic E-state index is -0.251. The van der Waals surface area contributed by atoms with Crippen molar-refractivity contribution >= 4 is 50.7 Å². The molecule has 20 heavy (non-hydrogen) atoms. The Kier molecular flexibility index (Phi) is 4.78. The zero-order valence-corrected chi connectivity index (χ0v) is 14.1. The van der Waals surface area contributed by atoms with E-state index in [9.17, 15) is 4.79 Å². The molecule has 6 heteroatoms. The van der Waals surface area contributed by atoms with Gasteiger partial charge in [-0.05, 0) is 48.0 Å². The van der Waals surface area contributed by atoms with Crippen molar-refractivity contribution in [3.8, 4) is 0 Å². The van der Waals surface area contributed by atoms with Gasteiger partial charge in [0.05, 0.1) is 15.7 Å². The molecule has 2 aromatic rings. The first kappa shape index (κ1) is 15.4. The number of anilines is 1. The van der Waals surface area contributed by atoms with E-state index in [-0.39, 0.29) is 11.9 Å². The lowest BCUT2D eigenvalue weighted by Crippen LogP contribution is -2.18. The molecule has 0 saturated heterocycles. The van der Waals surface area contributed by atoms with E-state index in [0.29, 0.717) is 21.4 Å². The highest BCUT2D eigenvalue weighted by atomic mass is 79.9. The van der Waals surface area contributed by atoms with Crippen LogP contribution in [0.3, 0.4) is 0 Å². The molecule has 0 bridgehead atoms. The highest BCUT2D eigenvalue weighted by Crippen LogP contribution is 2.30. The van der Waals surface area contributed by atoms with Gasteiger partial charge in [0, 0.05) is 16.7 Å². The number of nitrogens with one attached hydrogen (secondary N) is 1. The van der Waals surface area contributed by atoms with Gasteiger partial charge < -0.3 is 9.88 Å². The molecule has 0 unspecified atom stereocenters. The van der Waals surface area contributed by atoms with E-state index in [0.717, 1.165) is 4.47 Å². The minimum Gasteiger partial charge on any atom is -0.340 e. The van der Waals surface area contributed by atoms with Crippen LogP contribution in [0.15, 0.2) is 34.9 Å². The number of carbonyl (C=O) groups is 1. The Morgan fingerprint density at radius 2 is 1.90 bits per heavy atom. The highest BCUT2D eigenvalue weighted by molar-refractivity contribution is 9.10. The predicted molar refractivity (Wildman–Crippen MR) is 86.9 cm³/mol. The van der Waals surface area contributed by atoms with Crippen molar-refractivity contribution in [2.45, 2.75) is 19.9 Å². The van der Waals surface area contributed by atoms with Gasteiger partial charge in [0.2, 0.25) is 0 Å². The summed E-state index contributed by atoms with van der Waals surface area (Å²) in [7, 11) is 0. The molecule has 1 aromatic heterocycles. The maximum absolute atomic E-state index is 12.4. The molecule has 0 aliphatic heterocycles. The third-order valence-electron chi connectivity index (χ3n) is 2.81. The van der Waals surface area contributed by atoms with Crippen molar-refractivity contribution in [2.24, 2.45) is 0 Å². The number of para-hydroxylation sites is 1. The predicted octanol–water partition coefficient (Wildman–Crippen LogP) is 5.39. The quantitative estimate of drug-likeness (QED) is 0.766. The molecule has 1 amide bonds. The molecule has 106 valence electrons. The van der Waals surface area contributed by atoms with Crippen LogP contribution < -0.4 is 5.32 Å². The summed E-state index contributed by atoms with van der Waals surface area (Å²) in [5, 5.41) is 3.58. The van der Waals surface area contributed by atoms with E-state index in [1.807, 2.05) is 24.6 Å². The average Bonchev–Trinajstić information content (AvgIpc) is 2.76. The summed E-state index contributed by atoms with van der Waals surface area (Å²) in [6.45, 7) is 4.01. The van der Waals surface area contributed by atoms with Crippen LogP contribution in [-0.4, -0.2) is 10.5 Å². The fourth-order valence-electron chi connectivity index (χ4n) is 1.85. The fraction of sp³-hybridized carbons (Fsp3) is 0.214. The van der Waals surface area contributed by atoms with Crippen LogP contribution >= 0.6 is 39.1 Å². The van der Waals surface area contributed by atoms with Crippen LogP contribution in [0.25, 0.3) is 0 Å². The second-order valence-electron chi connectivity index (χ2n) is 4.60. The number of hydrogen-bond donors (Lipinski definition) is 1. The Labute approximate surface area is 136 Å². The lowest BCUT2D eigenvalue weighted by atomic mass is 10.3. The number of nitrogens with zero attached hydrogens (tertiary/aromatic N) is 1. The van der Waals surface area contributed by atoms with Crippen molar-refractivity contribution in [3.63, 3.8) is 0 Å². The average molecular weight is 376 g/mol. The van der Waals surface area contributed by atoms with Crippen LogP contribution in [0.5, 0.6) is 0 Å². The molecule has 1 heterocycles. The minimum absolute atomic E-state index is 0.170. The first-order valence-corrected chi connectivity index (χ1v) is 7.57. The molecular weight excluding hydrogens is 363 g/mol. The van der Waals surface area contributed by atoms with Gasteiger partial charge in [0.15, 0.2) is 0 Å². The SMILES string of the molecule is CC(C)n1cc(Br)cc1C(=O)Nc1c(Cl)cccc1Cl. The zero-order chi connectivity index (χ0) is 14.9. The fourth-order valence-corrected chi connectivity index (χ4v) is 2.78. The summed E-state index contributed by atoms with van der Waals surface area (Å²) in [6.07, 6.45) is 1.87. The number of halogens is 3. The van der Waals surface area contributed by atoms with Crippen molar-refractivity contribution in [2.75, 3.05) is 5.32 Å². The number of aromatic nitrogens is 1. The summed E-state index contributed by atoms with van der Waals surface area (Å²) >= 11 is 15.5. The summed E-state index contributed by atoms with van der Waals surface area (Å²) < 4.78 is 2.73. The van der Waals surface area contributed by atoms with Gasteiger partial charge in [-0.15, -0.1) is 0 Å². The van der Waals surface area contributed by atoms with Gasteiger partial charge in [0.25, 0.3) is 5.91 Å². The smallest absolute Gasteiger partial charge is 0.272 e. The number of amides is 1. The van der Waals surface area contributed by atoms with E-state index in [1.165, 1.54) is 0 Å². The Morgan fingerprint density at radius 1 is 1.30 bits per heavy atom. The van der Waals surface area contributed by atoms with Crippen molar-refractivity contribution in [3.05, 3.63) is 50.7 Å². The Morgan fingerprint density at radius 3 is 2.45 bits per heavy atom. The third-order valence-corrected chi connectivity index (χ3v) is 3.87. The van der Waals surface area contributed by atoms with Crippen molar-refractivity contribution in [1.82, 2.24) is 4.57 Å². The second kappa shape index (κ2) is 6.20. The van der Waals surface area contributed by atoms with Crippen LogP contribution in [0.4, 0.5) is 5.69 Å². The Bertz CT molecular complexity index is 632. The van der Waals surface area contributed by atoms with E-state index >= 15 is 0 Å². The maximum Gasteiger partial charge on any atom is 0.272 e. The van der Waals surface area contributed by atoms with E-state index in [1.54, 1.807) is 24.3 Å². The van der Waals surface area contributed by atoms with E-state index in [2.05, 4.69) is 21.2 Å². The molecule has 0 saturated carbocycles.